The molecule has 2 aromatic carbocycles. The molecule has 9 nitrogen and oxygen atoms in total. The van der Waals surface area contributed by atoms with Crippen LogP contribution in [0.1, 0.15) is 31.4 Å². The van der Waals surface area contributed by atoms with Gasteiger partial charge in [-0.25, -0.2) is 4.99 Å². The molecule has 0 unspecified atom stereocenters. The lowest BCUT2D eigenvalue weighted by Crippen LogP contribution is -2.07. The van der Waals surface area contributed by atoms with Gasteiger partial charge in [-0.15, -0.1) is 0 Å². The van der Waals surface area contributed by atoms with Gasteiger partial charge < -0.3 is 0 Å². The van der Waals surface area contributed by atoms with Crippen molar-refractivity contribution < 1.29 is 9.85 Å². The molecule has 0 spiro atoms. The van der Waals surface area contributed by atoms with Gasteiger partial charge in [0.2, 0.25) is 0 Å². The fourth-order valence-electron chi connectivity index (χ4n) is 3.27. The van der Waals surface area contributed by atoms with Gasteiger partial charge in [-0.05, 0) is 51.0 Å². The maximum atomic E-state index is 11.1. The van der Waals surface area contributed by atoms with E-state index in [0.29, 0.717) is 17.8 Å². The lowest BCUT2D eigenvalue weighted by atomic mass is 10.1. The molecule has 0 amide bonds. The normalized spacial score (nSPS) is 14.3. The third-order valence-electron chi connectivity index (χ3n) is 4.64. The van der Waals surface area contributed by atoms with Crippen LogP contribution in [0.15, 0.2) is 63.1 Å². The molecular weight excluding hydrogens is 398 g/mol. The van der Waals surface area contributed by atoms with Crippen molar-refractivity contribution in [3.05, 3.63) is 79.5 Å². The van der Waals surface area contributed by atoms with Crippen LogP contribution in [-0.4, -0.2) is 27.0 Å². The molecule has 0 aromatic heterocycles. The van der Waals surface area contributed by atoms with Gasteiger partial charge in [-0.2, -0.15) is 0 Å². The van der Waals surface area contributed by atoms with Crippen LogP contribution in [0.5, 0.6) is 0 Å². The molecule has 0 radical (unpaired) electrons. The molecule has 31 heavy (non-hydrogen) atoms. The molecule has 0 bridgehead atoms. The maximum absolute atomic E-state index is 11.1. The number of nitro benzene ring substituents is 2. The second-order valence-corrected chi connectivity index (χ2v) is 7.31. The first-order valence-electron chi connectivity index (χ1n) is 9.53. The zero-order chi connectivity index (χ0) is 22.7. The Hall–Kier alpha value is -4.01. The van der Waals surface area contributed by atoms with Crippen molar-refractivity contribution in [3.63, 3.8) is 0 Å². The van der Waals surface area contributed by atoms with Crippen LogP contribution in [0.2, 0.25) is 0 Å². The van der Waals surface area contributed by atoms with E-state index in [-0.39, 0.29) is 17.1 Å². The summed E-state index contributed by atoms with van der Waals surface area (Å²) in [5, 5.41) is 22.1. The molecule has 3 rings (SSSR count). The van der Waals surface area contributed by atoms with Crippen LogP contribution in [0.4, 0.5) is 22.7 Å². The predicted molar refractivity (Wildman–Crippen MR) is 121 cm³/mol. The molecule has 1 aliphatic rings. The Morgan fingerprint density at radius 2 is 1.35 bits per heavy atom. The molecule has 0 atom stereocenters. The minimum Gasteiger partial charge on any atom is -0.258 e. The van der Waals surface area contributed by atoms with E-state index in [9.17, 15) is 20.2 Å². The molecular formula is C22H21N5O4. The first-order valence-corrected chi connectivity index (χ1v) is 9.53. The van der Waals surface area contributed by atoms with Gasteiger partial charge in [0.05, 0.1) is 50.1 Å². The van der Waals surface area contributed by atoms with Crippen LogP contribution in [0.25, 0.3) is 0 Å². The van der Waals surface area contributed by atoms with Crippen molar-refractivity contribution in [3.8, 4) is 0 Å². The van der Waals surface area contributed by atoms with Crippen molar-refractivity contribution in [1.82, 2.24) is 0 Å². The van der Waals surface area contributed by atoms with Gasteiger partial charge in [0.1, 0.15) is 0 Å². The first-order chi connectivity index (χ1) is 14.6. The number of hydrogen-bond acceptors (Lipinski definition) is 7. The van der Waals surface area contributed by atoms with Crippen LogP contribution in [0.3, 0.4) is 0 Å². The molecule has 0 saturated heterocycles. The Morgan fingerprint density at radius 3 is 1.90 bits per heavy atom. The minimum atomic E-state index is -0.680. The number of non-ortho nitro benzene ring substituents is 2. The Bertz CT molecular complexity index is 1160. The minimum absolute atomic E-state index is 0.134. The van der Waals surface area contributed by atoms with Crippen LogP contribution < -0.4 is 0 Å². The number of nitrogens with zero attached hydrogens (tertiary/aromatic N) is 5. The van der Waals surface area contributed by atoms with Crippen molar-refractivity contribution in [2.75, 3.05) is 0 Å². The van der Waals surface area contributed by atoms with Crippen molar-refractivity contribution in [2.45, 2.75) is 34.1 Å². The monoisotopic (exact) mass is 419 g/mol. The zero-order valence-corrected chi connectivity index (χ0v) is 17.6. The molecule has 0 fully saturated rings. The summed E-state index contributed by atoms with van der Waals surface area (Å²) in [5.74, 6) is 0. The largest absolute Gasteiger partial charge is 0.278 e. The van der Waals surface area contributed by atoms with E-state index in [4.69, 9.17) is 0 Å². The highest BCUT2D eigenvalue weighted by atomic mass is 16.6. The average Bonchev–Trinajstić information content (AvgIpc) is 3.17. The lowest BCUT2D eigenvalue weighted by Gasteiger charge is -2.03. The van der Waals surface area contributed by atoms with Crippen LogP contribution in [-0.2, 0) is 0 Å². The van der Waals surface area contributed by atoms with E-state index < -0.39 is 9.85 Å². The molecule has 9 heteroatoms. The van der Waals surface area contributed by atoms with Gasteiger partial charge in [-0.3, -0.25) is 30.2 Å². The Morgan fingerprint density at radius 1 is 0.839 bits per heavy atom. The number of aliphatic imine (C=N–C) groups is 3. The lowest BCUT2D eigenvalue weighted by molar-refractivity contribution is -0.394. The molecule has 1 aliphatic heterocycles. The van der Waals surface area contributed by atoms with Gasteiger partial charge in [0, 0.05) is 18.6 Å². The first kappa shape index (κ1) is 21.7. The van der Waals surface area contributed by atoms with Gasteiger partial charge in [0.15, 0.2) is 0 Å². The summed E-state index contributed by atoms with van der Waals surface area (Å²) >= 11 is 0. The summed E-state index contributed by atoms with van der Waals surface area (Å²) in [7, 11) is 0. The van der Waals surface area contributed by atoms with Crippen LogP contribution in [0, 0.1) is 34.1 Å². The molecule has 0 N–H and O–H groups in total. The van der Waals surface area contributed by atoms with E-state index in [1.165, 1.54) is 12.1 Å². The molecule has 2 aromatic rings. The van der Waals surface area contributed by atoms with Gasteiger partial charge in [-0.1, -0.05) is 12.1 Å². The van der Waals surface area contributed by atoms with Crippen molar-refractivity contribution >= 4 is 39.9 Å². The molecule has 158 valence electrons. The summed E-state index contributed by atoms with van der Waals surface area (Å²) < 4.78 is 0. The Balaban J connectivity index is 1.87. The third kappa shape index (κ3) is 5.33. The summed E-state index contributed by atoms with van der Waals surface area (Å²) in [6.07, 6.45) is 2.47. The zero-order valence-electron chi connectivity index (χ0n) is 17.6. The SMILES string of the molecule is CC(=Nc1cc(C)cc(C)c1)C1=CCC(C(C)=Nc2cc([N+](=O)[O-])cc([N+](=O)[O-])c2)=N1. The fourth-order valence-corrected chi connectivity index (χ4v) is 3.27. The van der Waals surface area contributed by atoms with Crippen molar-refractivity contribution in [1.29, 1.82) is 0 Å². The second-order valence-electron chi connectivity index (χ2n) is 7.31. The molecule has 0 saturated carbocycles. The number of aryl methyl sites for hydroxylation is 2. The highest BCUT2D eigenvalue weighted by molar-refractivity contribution is 6.43. The number of allylic oxidation sites excluding steroid dienone is 2. The summed E-state index contributed by atoms with van der Waals surface area (Å²) in [6.45, 7) is 7.64. The number of nitro groups is 2. The molecule has 1 heterocycles. The fraction of sp³-hybridized carbons (Fsp3) is 0.227. The summed E-state index contributed by atoms with van der Waals surface area (Å²) in [6, 6.07) is 9.39. The number of hydrogen-bond donors (Lipinski definition) is 0. The number of rotatable bonds is 6. The number of benzene rings is 2. The smallest absolute Gasteiger partial charge is 0.258 e. The van der Waals surface area contributed by atoms with E-state index in [1.807, 2.05) is 39.0 Å². The highest BCUT2D eigenvalue weighted by Crippen LogP contribution is 2.28. The standard InChI is InChI=1S/C22H21N5O4/c1-13-7-14(2)9-17(8-13)23-15(3)21-5-6-22(25-21)16(4)24-18-10-19(26(28)29)12-20(11-18)27(30)31/h5,7-12H,6H2,1-4H3. The quantitative estimate of drug-likeness (QED) is 0.337. The summed E-state index contributed by atoms with van der Waals surface area (Å²) in [5.41, 5.74) is 5.18. The maximum Gasteiger partial charge on any atom is 0.278 e. The Labute approximate surface area is 178 Å². The van der Waals surface area contributed by atoms with Gasteiger partial charge in [0.25, 0.3) is 11.4 Å². The van der Waals surface area contributed by atoms with Crippen molar-refractivity contribution in [2.24, 2.45) is 15.0 Å². The van der Waals surface area contributed by atoms with E-state index in [1.54, 1.807) is 6.92 Å². The van der Waals surface area contributed by atoms with E-state index >= 15 is 0 Å². The average molecular weight is 419 g/mol. The van der Waals surface area contributed by atoms with E-state index in [0.717, 1.165) is 34.3 Å². The second kappa shape index (κ2) is 8.78. The van der Waals surface area contributed by atoms with Gasteiger partial charge >= 0.3 is 0 Å². The summed E-state index contributed by atoms with van der Waals surface area (Å²) in [4.78, 5) is 34.4. The highest BCUT2D eigenvalue weighted by Gasteiger charge is 2.18. The third-order valence-corrected chi connectivity index (χ3v) is 4.64. The Kier molecular flexibility index (Phi) is 6.15. The van der Waals surface area contributed by atoms with Crippen LogP contribution >= 0.6 is 0 Å². The topological polar surface area (TPSA) is 123 Å². The predicted octanol–water partition coefficient (Wildman–Crippen LogP) is 5.73. The van der Waals surface area contributed by atoms with E-state index in [2.05, 4.69) is 21.0 Å². The molecule has 0 aliphatic carbocycles.